The van der Waals surface area contributed by atoms with Crippen molar-refractivity contribution in [2.75, 3.05) is 0 Å². The molecule has 4 nitrogen and oxygen atoms in total. The number of nitrogens with one attached hydrogen (secondary N) is 1. The van der Waals surface area contributed by atoms with Gasteiger partial charge in [0, 0.05) is 6.08 Å². The van der Waals surface area contributed by atoms with Crippen molar-refractivity contribution in [3.8, 4) is 5.75 Å². The SMILES string of the molecule is [C-]#[N+]c1[nH]c2ccccc2c1OC(=O)C=CCC. The molecule has 0 saturated carbocycles. The molecular weight excluding hydrogens is 228 g/mol. The van der Waals surface area contributed by atoms with Crippen molar-refractivity contribution in [1.82, 2.24) is 4.98 Å². The lowest BCUT2D eigenvalue weighted by molar-refractivity contribution is -0.128. The topological polar surface area (TPSA) is 46.5 Å². The Bertz CT molecular complexity index is 647. The van der Waals surface area contributed by atoms with Crippen LogP contribution < -0.4 is 4.74 Å². The van der Waals surface area contributed by atoms with E-state index in [0.29, 0.717) is 5.75 Å². The molecule has 0 radical (unpaired) electrons. The molecule has 1 N–H and O–H groups in total. The number of aromatic nitrogens is 1. The molecule has 2 aromatic rings. The number of aromatic amines is 1. The Morgan fingerprint density at radius 2 is 2.28 bits per heavy atom. The number of carbonyl (C=O) groups is 1. The number of para-hydroxylation sites is 1. The molecule has 0 aliphatic heterocycles. The van der Waals surface area contributed by atoms with Crippen molar-refractivity contribution in [2.45, 2.75) is 13.3 Å². The maximum atomic E-state index is 11.6. The number of H-pyrrole nitrogens is 1. The zero-order chi connectivity index (χ0) is 13.0. The summed E-state index contributed by atoms with van der Waals surface area (Å²) in [5.74, 6) is 0.0762. The van der Waals surface area contributed by atoms with E-state index in [1.54, 1.807) is 6.08 Å². The first kappa shape index (κ1) is 11.9. The summed E-state index contributed by atoms with van der Waals surface area (Å²) in [4.78, 5) is 17.8. The van der Waals surface area contributed by atoms with Gasteiger partial charge in [0.2, 0.25) is 0 Å². The molecule has 4 heteroatoms. The van der Waals surface area contributed by atoms with Crippen molar-refractivity contribution in [1.29, 1.82) is 0 Å². The van der Waals surface area contributed by atoms with Gasteiger partial charge in [-0.25, -0.2) is 4.79 Å². The summed E-state index contributed by atoms with van der Waals surface area (Å²) in [5, 5.41) is 0.738. The summed E-state index contributed by atoms with van der Waals surface area (Å²) < 4.78 is 5.22. The van der Waals surface area contributed by atoms with Gasteiger partial charge in [-0.2, -0.15) is 0 Å². The highest BCUT2D eigenvalue weighted by Gasteiger charge is 2.15. The minimum atomic E-state index is -0.466. The predicted octanol–water partition coefficient (Wildman–Crippen LogP) is 3.59. The van der Waals surface area contributed by atoms with Crippen molar-refractivity contribution in [2.24, 2.45) is 0 Å². The van der Waals surface area contributed by atoms with Gasteiger partial charge >= 0.3 is 5.97 Å². The fraction of sp³-hybridized carbons (Fsp3) is 0.143. The predicted molar refractivity (Wildman–Crippen MR) is 69.6 cm³/mol. The zero-order valence-corrected chi connectivity index (χ0v) is 9.93. The molecule has 0 atom stereocenters. The van der Waals surface area contributed by atoms with Gasteiger partial charge in [0.1, 0.15) is 5.52 Å². The van der Waals surface area contributed by atoms with Gasteiger partial charge in [-0.05, 0) is 18.6 Å². The second-order valence-electron chi connectivity index (χ2n) is 3.69. The Balaban J connectivity index is 2.40. The summed E-state index contributed by atoms with van der Waals surface area (Å²) in [6.07, 6.45) is 3.85. The second-order valence-corrected chi connectivity index (χ2v) is 3.69. The number of rotatable bonds is 3. The summed E-state index contributed by atoms with van der Waals surface area (Å²) in [7, 11) is 0. The molecule has 0 spiro atoms. The van der Waals surface area contributed by atoms with Crippen LogP contribution in [-0.2, 0) is 4.79 Å². The van der Waals surface area contributed by atoms with Crippen LogP contribution in [0.4, 0.5) is 5.82 Å². The minimum Gasteiger partial charge on any atom is -0.433 e. The first-order chi connectivity index (χ1) is 8.76. The standard InChI is InChI=1S/C14H12N2O2/c1-3-4-9-12(17)18-13-10-7-5-6-8-11(10)16-14(13)15-2/h4-9,16H,3H2,1H3. The van der Waals surface area contributed by atoms with E-state index in [2.05, 4.69) is 9.83 Å². The maximum Gasteiger partial charge on any atom is 0.334 e. The van der Waals surface area contributed by atoms with Crippen LogP contribution in [0.1, 0.15) is 13.3 Å². The van der Waals surface area contributed by atoms with Crippen LogP contribution in [0.25, 0.3) is 15.7 Å². The largest absolute Gasteiger partial charge is 0.433 e. The third-order valence-electron chi connectivity index (χ3n) is 2.44. The summed E-state index contributed by atoms with van der Waals surface area (Å²) in [6.45, 7) is 9.01. The van der Waals surface area contributed by atoms with E-state index >= 15 is 0 Å². The monoisotopic (exact) mass is 240 g/mol. The average molecular weight is 240 g/mol. The first-order valence-corrected chi connectivity index (χ1v) is 5.62. The van der Waals surface area contributed by atoms with Crippen LogP contribution in [-0.4, -0.2) is 11.0 Å². The molecule has 0 fully saturated rings. The molecule has 0 saturated heterocycles. The number of benzene rings is 1. The van der Waals surface area contributed by atoms with E-state index in [1.807, 2.05) is 31.2 Å². The van der Waals surface area contributed by atoms with E-state index in [9.17, 15) is 4.79 Å². The average Bonchev–Trinajstić information content (AvgIpc) is 2.75. The molecule has 18 heavy (non-hydrogen) atoms. The number of hydrogen-bond donors (Lipinski definition) is 1. The third-order valence-corrected chi connectivity index (χ3v) is 2.44. The van der Waals surface area contributed by atoms with Gasteiger partial charge < -0.3 is 14.6 Å². The number of ether oxygens (including phenoxy) is 1. The minimum absolute atomic E-state index is 0.245. The normalized spacial score (nSPS) is 10.7. The maximum absolute atomic E-state index is 11.6. The van der Waals surface area contributed by atoms with Gasteiger partial charge in [-0.15, -0.1) is 0 Å². The van der Waals surface area contributed by atoms with E-state index in [4.69, 9.17) is 11.3 Å². The van der Waals surface area contributed by atoms with Crippen molar-refractivity contribution in [3.63, 3.8) is 0 Å². The van der Waals surface area contributed by atoms with Gasteiger partial charge in [0.15, 0.2) is 5.75 Å². The van der Waals surface area contributed by atoms with Gasteiger partial charge in [-0.3, -0.25) is 0 Å². The van der Waals surface area contributed by atoms with E-state index in [0.717, 1.165) is 17.3 Å². The molecule has 0 bridgehead atoms. The summed E-state index contributed by atoms with van der Waals surface area (Å²) in [5.41, 5.74) is 0.783. The third kappa shape index (κ3) is 2.25. The molecule has 90 valence electrons. The van der Waals surface area contributed by atoms with Crippen molar-refractivity contribution in [3.05, 3.63) is 47.8 Å². The second kappa shape index (κ2) is 5.19. The first-order valence-electron chi connectivity index (χ1n) is 5.62. The quantitative estimate of drug-likeness (QED) is 0.506. The summed E-state index contributed by atoms with van der Waals surface area (Å²) in [6, 6.07) is 7.34. The molecule has 1 heterocycles. The Kier molecular flexibility index (Phi) is 3.44. The van der Waals surface area contributed by atoms with Crippen LogP contribution in [0.5, 0.6) is 5.75 Å². The number of fused-ring (bicyclic) bond motifs is 1. The lowest BCUT2D eigenvalue weighted by Crippen LogP contribution is -2.03. The Labute approximate surface area is 105 Å². The van der Waals surface area contributed by atoms with Crippen molar-refractivity contribution < 1.29 is 9.53 Å². The molecule has 2 rings (SSSR count). The molecule has 0 aliphatic rings. The van der Waals surface area contributed by atoms with Gasteiger partial charge in [0.25, 0.3) is 5.82 Å². The van der Waals surface area contributed by atoms with Crippen LogP contribution in [0.2, 0.25) is 0 Å². The van der Waals surface area contributed by atoms with Gasteiger partial charge in [-0.1, -0.05) is 31.7 Å². The number of allylic oxidation sites excluding steroid dienone is 1. The number of esters is 1. The molecule has 1 aromatic carbocycles. The zero-order valence-electron chi connectivity index (χ0n) is 9.93. The van der Waals surface area contributed by atoms with Crippen LogP contribution >= 0.6 is 0 Å². The van der Waals surface area contributed by atoms with Gasteiger partial charge in [0.05, 0.1) is 5.39 Å². The highest BCUT2D eigenvalue weighted by molar-refractivity contribution is 5.96. The Morgan fingerprint density at radius 1 is 1.50 bits per heavy atom. The number of nitrogens with zero attached hydrogens (tertiary/aromatic N) is 1. The summed E-state index contributed by atoms with van der Waals surface area (Å²) >= 11 is 0. The van der Waals surface area contributed by atoms with E-state index in [1.165, 1.54) is 6.08 Å². The fourth-order valence-electron chi connectivity index (χ4n) is 1.63. The smallest absolute Gasteiger partial charge is 0.334 e. The molecule has 0 unspecified atom stereocenters. The fourth-order valence-corrected chi connectivity index (χ4v) is 1.63. The highest BCUT2D eigenvalue weighted by Crippen LogP contribution is 2.36. The lowest BCUT2D eigenvalue weighted by Gasteiger charge is -2.00. The molecule has 0 amide bonds. The van der Waals surface area contributed by atoms with E-state index < -0.39 is 5.97 Å². The molecule has 1 aromatic heterocycles. The van der Waals surface area contributed by atoms with Crippen molar-refractivity contribution >= 4 is 22.7 Å². The molecule has 0 aliphatic carbocycles. The van der Waals surface area contributed by atoms with Crippen LogP contribution in [0, 0.1) is 6.57 Å². The number of hydrogen-bond acceptors (Lipinski definition) is 2. The highest BCUT2D eigenvalue weighted by atomic mass is 16.5. The van der Waals surface area contributed by atoms with Crippen LogP contribution in [0.3, 0.4) is 0 Å². The Hall–Kier alpha value is -2.54. The number of carbonyl (C=O) groups excluding carboxylic acids is 1. The molecular formula is C14H12N2O2. The van der Waals surface area contributed by atoms with Crippen LogP contribution in [0.15, 0.2) is 36.4 Å². The van der Waals surface area contributed by atoms with E-state index in [-0.39, 0.29) is 5.82 Å². The lowest BCUT2D eigenvalue weighted by atomic mass is 10.2. The Morgan fingerprint density at radius 3 is 3.00 bits per heavy atom.